The zero-order chi connectivity index (χ0) is 18.6. The van der Waals surface area contributed by atoms with Gasteiger partial charge in [0, 0.05) is 26.3 Å². The molecule has 1 aromatic heterocycles. The molecule has 0 bridgehead atoms. The van der Waals surface area contributed by atoms with E-state index in [0.717, 1.165) is 49.0 Å². The molecule has 0 radical (unpaired) electrons. The van der Waals surface area contributed by atoms with Gasteiger partial charge in [-0.15, -0.1) is 24.0 Å². The molecule has 1 heterocycles. The van der Waals surface area contributed by atoms with Crippen LogP contribution in [0.25, 0.3) is 0 Å². The molecule has 8 heteroatoms. The Morgan fingerprint density at radius 3 is 2.41 bits per heavy atom. The Morgan fingerprint density at radius 1 is 1.07 bits per heavy atom. The third-order valence-corrected chi connectivity index (χ3v) is 3.88. The van der Waals surface area contributed by atoms with Crippen molar-refractivity contribution in [3.8, 4) is 11.5 Å². The third kappa shape index (κ3) is 9.14. The van der Waals surface area contributed by atoms with Crippen LogP contribution in [0.2, 0.25) is 5.15 Å². The summed E-state index contributed by atoms with van der Waals surface area (Å²) in [5.74, 6) is 2.43. The van der Waals surface area contributed by atoms with E-state index in [1.54, 1.807) is 26.4 Å². The minimum absolute atomic E-state index is 0. The monoisotopic (exact) mass is 504 g/mol. The lowest BCUT2D eigenvalue weighted by atomic mass is 10.2. The Kier molecular flexibility index (Phi) is 11.6. The molecule has 0 spiro atoms. The fourth-order valence-corrected chi connectivity index (χ4v) is 2.35. The van der Waals surface area contributed by atoms with Gasteiger partial charge < -0.3 is 20.1 Å². The molecule has 2 N–H and O–H groups in total. The lowest BCUT2D eigenvalue weighted by Gasteiger charge is -2.12. The first kappa shape index (κ1) is 23.3. The van der Waals surface area contributed by atoms with Crippen LogP contribution in [0.5, 0.6) is 11.5 Å². The second-order valence-electron chi connectivity index (χ2n) is 5.54. The highest BCUT2D eigenvalue weighted by Crippen LogP contribution is 2.16. The van der Waals surface area contributed by atoms with Crippen molar-refractivity contribution in [2.24, 2.45) is 4.99 Å². The van der Waals surface area contributed by atoms with E-state index in [1.165, 1.54) is 0 Å². The third-order valence-electron chi connectivity index (χ3n) is 3.66. The first-order valence-electron chi connectivity index (χ1n) is 8.53. The van der Waals surface area contributed by atoms with Gasteiger partial charge in [0.25, 0.3) is 0 Å². The van der Waals surface area contributed by atoms with Crippen molar-refractivity contribution in [1.82, 2.24) is 15.6 Å². The van der Waals surface area contributed by atoms with Crippen LogP contribution in [-0.2, 0) is 6.42 Å². The zero-order valence-electron chi connectivity index (χ0n) is 15.6. The second-order valence-corrected chi connectivity index (χ2v) is 5.93. The first-order valence-corrected chi connectivity index (χ1v) is 8.91. The van der Waals surface area contributed by atoms with Crippen LogP contribution < -0.4 is 20.1 Å². The quantitative estimate of drug-likeness (QED) is 0.180. The summed E-state index contributed by atoms with van der Waals surface area (Å²) in [6.45, 7) is 2.18. The van der Waals surface area contributed by atoms with Crippen molar-refractivity contribution in [3.63, 3.8) is 0 Å². The molecule has 0 unspecified atom stereocenters. The number of nitrogens with zero attached hydrogens (tertiary/aromatic N) is 2. The number of methoxy groups -OCH3 is 1. The van der Waals surface area contributed by atoms with Crippen molar-refractivity contribution in [1.29, 1.82) is 0 Å². The standard InChI is InChI=1S/C19H25ClN4O2.HI/c1-21-19(23-12-10-15-4-9-18(20)24-14-15)22-11-3-13-26-17-7-5-16(25-2)6-8-17;/h4-9,14H,3,10-13H2,1-2H3,(H2,21,22,23);1H. The van der Waals surface area contributed by atoms with Gasteiger partial charge in [-0.25, -0.2) is 4.98 Å². The molecular weight excluding hydrogens is 479 g/mol. The Bertz CT molecular complexity index is 681. The van der Waals surface area contributed by atoms with E-state index in [2.05, 4.69) is 20.6 Å². The summed E-state index contributed by atoms with van der Waals surface area (Å²) >= 11 is 5.78. The number of ether oxygens (including phenoxy) is 2. The zero-order valence-corrected chi connectivity index (χ0v) is 18.7. The number of halogens is 2. The van der Waals surface area contributed by atoms with Crippen molar-refractivity contribution in [2.75, 3.05) is 33.9 Å². The normalized spacial score (nSPS) is 10.7. The molecule has 0 atom stereocenters. The van der Waals surface area contributed by atoms with Crippen molar-refractivity contribution >= 4 is 41.5 Å². The predicted octanol–water partition coefficient (Wildman–Crippen LogP) is 3.54. The summed E-state index contributed by atoms with van der Waals surface area (Å²) in [4.78, 5) is 8.28. The van der Waals surface area contributed by atoms with Gasteiger partial charge in [0.05, 0.1) is 13.7 Å². The number of rotatable bonds is 9. The fourth-order valence-electron chi connectivity index (χ4n) is 2.24. The van der Waals surface area contributed by atoms with Gasteiger partial charge in [-0.3, -0.25) is 4.99 Å². The lowest BCUT2D eigenvalue weighted by molar-refractivity contribution is 0.310. The van der Waals surface area contributed by atoms with E-state index in [-0.39, 0.29) is 24.0 Å². The van der Waals surface area contributed by atoms with Gasteiger partial charge in [-0.2, -0.15) is 0 Å². The molecule has 0 aliphatic rings. The maximum Gasteiger partial charge on any atom is 0.190 e. The Hall–Kier alpha value is -1.74. The summed E-state index contributed by atoms with van der Waals surface area (Å²) in [6.07, 6.45) is 3.51. The van der Waals surface area contributed by atoms with Crippen molar-refractivity contribution < 1.29 is 9.47 Å². The van der Waals surface area contributed by atoms with Crippen LogP contribution >= 0.6 is 35.6 Å². The number of hydrogen-bond acceptors (Lipinski definition) is 4. The highest BCUT2D eigenvalue weighted by Gasteiger charge is 1.99. The SMILES string of the molecule is CN=C(NCCCOc1ccc(OC)cc1)NCCc1ccc(Cl)nc1.I. The van der Waals surface area contributed by atoms with Crippen LogP contribution in [0.3, 0.4) is 0 Å². The summed E-state index contributed by atoms with van der Waals surface area (Å²) in [5, 5.41) is 7.06. The molecular formula is C19H26ClIN4O2. The molecule has 0 aliphatic heterocycles. The summed E-state index contributed by atoms with van der Waals surface area (Å²) in [7, 11) is 3.40. The summed E-state index contributed by atoms with van der Waals surface area (Å²) in [6, 6.07) is 11.3. The minimum Gasteiger partial charge on any atom is -0.497 e. The largest absolute Gasteiger partial charge is 0.497 e. The van der Waals surface area contributed by atoms with E-state index >= 15 is 0 Å². The highest BCUT2D eigenvalue weighted by molar-refractivity contribution is 14.0. The number of guanidine groups is 1. The molecule has 1 aromatic carbocycles. The topological polar surface area (TPSA) is 67.8 Å². The molecule has 0 saturated heterocycles. The van der Waals surface area contributed by atoms with E-state index < -0.39 is 0 Å². The molecule has 0 fully saturated rings. The smallest absolute Gasteiger partial charge is 0.190 e. The molecule has 2 aromatic rings. The van der Waals surface area contributed by atoms with E-state index in [4.69, 9.17) is 21.1 Å². The average molecular weight is 505 g/mol. The fraction of sp³-hybridized carbons (Fsp3) is 0.368. The number of hydrogen-bond donors (Lipinski definition) is 2. The van der Waals surface area contributed by atoms with E-state index in [0.29, 0.717) is 11.8 Å². The van der Waals surface area contributed by atoms with Gasteiger partial charge in [-0.1, -0.05) is 17.7 Å². The number of nitrogens with one attached hydrogen (secondary N) is 2. The minimum atomic E-state index is 0. The number of aromatic nitrogens is 1. The second kappa shape index (κ2) is 13.4. The molecule has 0 aliphatic carbocycles. The Morgan fingerprint density at radius 2 is 1.78 bits per heavy atom. The van der Waals surface area contributed by atoms with Crippen LogP contribution in [0.15, 0.2) is 47.6 Å². The van der Waals surface area contributed by atoms with Gasteiger partial charge in [0.1, 0.15) is 16.7 Å². The first-order chi connectivity index (χ1) is 12.7. The van der Waals surface area contributed by atoms with Gasteiger partial charge in [0.15, 0.2) is 5.96 Å². The Labute approximate surface area is 182 Å². The average Bonchev–Trinajstić information content (AvgIpc) is 2.68. The van der Waals surface area contributed by atoms with Gasteiger partial charge in [-0.05, 0) is 48.7 Å². The van der Waals surface area contributed by atoms with E-state index in [1.807, 2.05) is 30.3 Å². The van der Waals surface area contributed by atoms with Crippen molar-refractivity contribution in [2.45, 2.75) is 12.8 Å². The van der Waals surface area contributed by atoms with Crippen molar-refractivity contribution in [3.05, 3.63) is 53.3 Å². The maximum absolute atomic E-state index is 5.78. The summed E-state index contributed by atoms with van der Waals surface area (Å²) < 4.78 is 10.8. The van der Waals surface area contributed by atoms with Crippen LogP contribution in [0.1, 0.15) is 12.0 Å². The summed E-state index contributed by atoms with van der Waals surface area (Å²) in [5.41, 5.74) is 1.13. The van der Waals surface area contributed by atoms with Crippen LogP contribution in [0.4, 0.5) is 0 Å². The molecule has 6 nitrogen and oxygen atoms in total. The predicted molar refractivity (Wildman–Crippen MR) is 121 cm³/mol. The van der Waals surface area contributed by atoms with Crippen LogP contribution in [0, 0.1) is 0 Å². The Balaban J connectivity index is 0.00000364. The van der Waals surface area contributed by atoms with Gasteiger partial charge >= 0.3 is 0 Å². The van der Waals surface area contributed by atoms with E-state index in [9.17, 15) is 0 Å². The number of aliphatic imine (C=N–C) groups is 1. The maximum atomic E-state index is 5.78. The van der Waals surface area contributed by atoms with Crippen LogP contribution in [-0.4, -0.2) is 44.8 Å². The number of benzene rings is 1. The number of pyridine rings is 1. The lowest BCUT2D eigenvalue weighted by Crippen LogP contribution is -2.39. The molecule has 0 amide bonds. The molecule has 0 saturated carbocycles. The highest BCUT2D eigenvalue weighted by atomic mass is 127. The molecule has 27 heavy (non-hydrogen) atoms. The molecule has 148 valence electrons. The van der Waals surface area contributed by atoms with Gasteiger partial charge in [0.2, 0.25) is 0 Å². The molecule has 2 rings (SSSR count).